The molecule has 2 rings (SSSR count). The minimum absolute atomic E-state index is 0.112. The Morgan fingerprint density at radius 1 is 1.30 bits per heavy atom. The van der Waals surface area contributed by atoms with Crippen molar-refractivity contribution in [3.05, 3.63) is 35.4 Å². The molecule has 1 aliphatic rings. The summed E-state index contributed by atoms with van der Waals surface area (Å²) in [5.74, 6) is -0.934. The number of carboxylic acids is 1. The Bertz CT molecular complexity index is 426. The number of hydrogen-bond donors (Lipinski definition) is 1. The molecule has 1 aromatic carbocycles. The summed E-state index contributed by atoms with van der Waals surface area (Å²) >= 11 is 0. The Labute approximate surface area is 118 Å². The van der Waals surface area contributed by atoms with E-state index in [0.29, 0.717) is 18.8 Å². The van der Waals surface area contributed by atoms with Crippen molar-refractivity contribution < 1.29 is 24.1 Å². The van der Waals surface area contributed by atoms with Crippen molar-refractivity contribution in [1.82, 2.24) is 0 Å². The molecule has 1 saturated heterocycles. The fourth-order valence-corrected chi connectivity index (χ4v) is 2.12. The maximum absolute atomic E-state index is 11.0. The van der Waals surface area contributed by atoms with Crippen molar-refractivity contribution in [2.45, 2.75) is 32.2 Å². The van der Waals surface area contributed by atoms with Gasteiger partial charge in [-0.3, -0.25) is 0 Å². The van der Waals surface area contributed by atoms with E-state index >= 15 is 0 Å². The summed E-state index contributed by atoms with van der Waals surface area (Å²) < 4.78 is 16.4. The number of aromatic carboxylic acids is 1. The Hall–Kier alpha value is -1.43. The zero-order chi connectivity index (χ0) is 14.2. The van der Waals surface area contributed by atoms with Gasteiger partial charge in [0, 0.05) is 6.61 Å². The number of ether oxygens (including phenoxy) is 3. The molecule has 1 N–H and O–H groups in total. The summed E-state index contributed by atoms with van der Waals surface area (Å²) in [7, 11) is 0. The van der Waals surface area contributed by atoms with E-state index in [9.17, 15) is 4.79 Å². The highest BCUT2D eigenvalue weighted by atomic mass is 16.7. The van der Waals surface area contributed by atoms with Crippen LogP contribution in [-0.4, -0.2) is 37.2 Å². The minimum Gasteiger partial charge on any atom is -0.478 e. The molecule has 0 saturated carbocycles. The largest absolute Gasteiger partial charge is 0.478 e. The third-order valence-electron chi connectivity index (χ3n) is 3.17. The van der Waals surface area contributed by atoms with Crippen LogP contribution in [0.5, 0.6) is 0 Å². The number of hydrogen-bond acceptors (Lipinski definition) is 4. The van der Waals surface area contributed by atoms with E-state index in [0.717, 1.165) is 25.9 Å². The molecule has 1 aliphatic heterocycles. The van der Waals surface area contributed by atoms with Gasteiger partial charge in [0.25, 0.3) is 0 Å². The van der Waals surface area contributed by atoms with E-state index < -0.39 is 5.97 Å². The lowest BCUT2D eigenvalue weighted by Crippen LogP contribution is -2.23. The molecule has 0 aliphatic carbocycles. The number of rotatable bonds is 7. The molecule has 5 heteroatoms. The topological polar surface area (TPSA) is 65.0 Å². The van der Waals surface area contributed by atoms with E-state index in [1.807, 2.05) is 0 Å². The smallest absolute Gasteiger partial charge is 0.336 e. The van der Waals surface area contributed by atoms with Gasteiger partial charge in [-0.1, -0.05) is 18.2 Å². The highest BCUT2D eigenvalue weighted by Crippen LogP contribution is 2.14. The van der Waals surface area contributed by atoms with Crippen LogP contribution in [0.2, 0.25) is 0 Å². The van der Waals surface area contributed by atoms with Gasteiger partial charge in [-0.2, -0.15) is 0 Å². The maximum Gasteiger partial charge on any atom is 0.336 e. The van der Waals surface area contributed by atoms with Crippen molar-refractivity contribution >= 4 is 5.97 Å². The molecule has 5 nitrogen and oxygen atoms in total. The van der Waals surface area contributed by atoms with Crippen molar-refractivity contribution in [3.8, 4) is 0 Å². The molecular weight excluding hydrogens is 260 g/mol. The Balaban J connectivity index is 1.67. The van der Waals surface area contributed by atoms with Crippen LogP contribution < -0.4 is 0 Å². The van der Waals surface area contributed by atoms with E-state index in [1.165, 1.54) is 0 Å². The van der Waals surface area contributed by atoms with Crippen LogP contribution in [0.15, 0.2) is 24.3 Å². The van der Waals surface area contributed by atoms with Crippen LogP contribution in [-0.2, 0) is 20.8 Å². The second-order valence-corrected chi connectivity index (χ2v) is 4.68. The molecule has 0 amide bonds. The number of benzene rings is 1. The third kappa shape index (κ3) is 4.59. The highest BCUT2D eigenvalue weighted by molar-refractivity contribution is 5.89. The van der Waals surface area contributed by atoms with Gasteiger partial charge in [-0.15, -0.1) is 0 Å². The second-order valence-electron chi connectivity index (χ2n) is 4.68. The fraction of sp³-hybridized carbons (Fsp3) is 0.533. The second kappa shape index (κ2) is 7.99. The van der Waals surface area contributed by atoms with E-state index in [4.69, 9.17) is 19.3 Å². The highest BCUT2D eigenvalue weighted by Gasteiger charge is 2.13. The van der Waals surface area contributed by atoms with Gasteiger partial charge in [-0.05, 0) is 30.9 Å². The van der Waals surface area contributed by atoms with Gasteiger partial charge in [0.1, 0.15) is 0 Å². The quantitative estimate of drug-likeness (QED) is 0.777. The lowest BCUT2D eigenvalue weighted by molar-refractivity contribution is -0.169. The van der Waals surface area contributed by atoms with Gasteiger partial charge < -0.3 is 19.3 Å². The average molecular weight is 280 g/mol. The maximum atomic E-state index is 11.0. The van der Waals surface area contributed by atoms with Gasteiger partial charge in [-0.25, -0.2) is 4.79 Å². The van der Waals surface area contributed by atoms with E-state index in [2.05, 4.69) is 0 Å². The molecule has 1 unspecified atom stereocenters. The first kappa shape index (κ1) is 15.0. The number of carboxylic acid groups (broad SMARTS) is 1. The van der Waals surface area contributed by atoms with Crippen LogP contribution in [0, 0.1) is 0 Å². The van der Waals surface area contributed by atoms with Crippen LogP contribution in [0.4, 0.5) is 0 Å². The van der Waals surface area contributed by atoms with Crippen LogP contribution in [0.1, 0.15) is 35.2 Å². The van der Waals surface area contributed by atoms with Crippen molar-refractivity contribution in [2.24, 2.45) is 0 Å². The Morgan fingerprint density at radius 2 is 2.15 bits per heavy atom. The molecule has 110 valence electrons. The molecule has 0 radical (unpaired) electrons. The Morgan fingerprint density at radius 3 is 2.90 bits per heavy atom. The molecule has 0 aromatic heterocycles. The van der Waals surface area contributed by atoms with E-state index in [1.54, 1.807) is 24.3 Å². The van der Waals surface area contributed by atoms with Crippen molar-refractivity contribution in [2.75, 3.05) is 19.8 Å². The van der Waals surface area contributed by atoms with Crippen molar-refractivity contribution in [1.29, 1.82) is 0 Å². The molecule has 0 spiro atoms. The first-order valence-electron chi connectivity index (χ1n) is 6.89. The zero-order valence-electron chi connectivity index (χ0n) is 11.4. The number of carbonyl (C=O) groups is 1. The summed E-state index contributed by atoms with van der Waals surface area (Å²) in [5, 5.41) is 9.04. The molecular formula is C15H20O5. The van der Waals surface area contributed by atoms with E-state index in [-0.39, 0.29) is 18.5 Å². The summed E-state index contributed by atoms with van der Waals surface area (Å²) in [4.78, 5) is 11.0. The third-order valence-corrected chi connectivity index (χ3v) is 3.17. The van der Waals surface area contributed by atoms with Gasteiger partial charge >= 0.3 is 5.97 Å². The Kier molecular flexibility index (Phi) is 5.98. The summed E-state index contributed by atoms with van der Waals surface area (Å²) in [6.07, 6.45) is 3.06. The van der Waals surface area contributed by atoms with Gasteiger partial charge in [0.15, 0.2) is 6.29 Å². The molecule has 1 fully saturated rings. The molecule has 20 heavy (non-hydrogen) atoms. The minimum atomic E-state index is -0.934. The summed E-state index contributed by atoms with van der Waals surface area (Å²) in [6.45, 7) is 1.92. The van der Waals surface area contributed by atoms with Gasteiger partial charge in [0.2, 0.25) is 0 Å². The standard InChI is InChI=1S/C15H20O5/c16-15(17)13-6-2-1-5-12(13)11-18-9-10-20-14-7-3-4-8-19-14/h1-2,5-6,14H,3-4,7-11H2,(H,16,17). The normalized spacial score (nSPS) is 18.9. The zero-order valence-corrected chi connectivity index (χ0v) is 11.4. The average Bonchev–Trinajstić information content (AvgIpc) is 2.48. The lowest BCUT2D eigenvalue weighted by Gasteiger charge is -2.22. The summed E-state index contributed by atoms with van der Waals surface area (Å²) in [6, 6.07) is 6.84. The SMILES string of the molecule is O=C(O)c1ccccc1COCCOC1CCCCO1. The molecule has 1 heterocycles. The molecule has 0 bridgehead atoms. The van der Waals surface area contributed by atoms with Crippen LogP contribution in [0.25, 0.3) is 0 Å². The molecule has 1 atom stereocenters. The summed E-state index contributed by atoms with van der Waals surface area (Å²) in [5.41, 5.74) is 0.956. The van der Waals surface area contributed by atoms with Crippen molar-refractivity contribution in [3.63, 3.8) is 0 Å². The van der Waals surface area contributed by atoms with Crippen LogP contribution >= 0.6 is 0 Å². The predicted molar refractivity (Wildman–Crippen MR) is 72.6 cm³/mol. The predicted octanol–water partition coefficient (Wildman–Crippen LogP) is 2.44. The van der Waals surface area contributed by atoms with Gasteiger partial charge in [0.05, 0.1) is 25.4 Å². The van der Waals surface area contributed by atoms with Crippen LogP contribution in [0.3, 0.4) is 0 Å². The fourth-order valence-electron chi connectivity index (χ4n) is 2.12. The monoisotopic (exact) mass is 280 g/mol. The lowest BCUT2D eigenvalue weighted by atomic mass is 10.1. The first-order valence-corrected chi connectivity index (χ1v) is 6.89. The molecule has 1 aromatic rings. The first-order chi connectivity index (χ1) is 9.77.